The van der Waals surface area contributed by atoms with Crippen molar-refractivity contribution in [3.05, 3.63) is 162 Å². The molecule has 2 heteroatoms. The van der Waals surface area contributed by atoms with Crippen LogP contribution in [-0.4, -0.2) is 0 Å². The third kappa shape index (κ3) is 5.18. The second-order valence-electron chi connectivity index (χ2n) is 9.21. The lowest BCUT2D eigenvalue weighted by molar-refractivity contribution is 1.28. The van der Waals surface area contributed by atoms with Crippen LogP contribution in [0.5, 0.6) is 0 Å². The fourth-order valence-electron chi connectivity index (χ4n) is 4.76. The number of benzene rings is 6. The molecule has 0 heterocycles. The van der Waals surface area contributed by atoms with E-state index in [9.17, 15) is 0 Å². The van der Waals surface area contributed by atoms with E-state index in [1.54, 1.807) is 0 Å². The molecule has 0 amide bonds. The molecule has 0 saturated heterocycles. The molecule has 0 spiro atoms. The summed E-state index contributed by atoms with van der Waals surface area (Å²) in [5.41, 5.74) is 10.6. The average molecular weight is 553 g/mol. The van der Waals surface area contributed by atoms with Gasteiger partial charge in [0.15, 0.2) is 0 Å². The van der Waals surface area contributed by atoms with Gasteiger partial charge in [0.05, 0.1) is 0 Å². The predicted octanol–water partition coefficient (Wildman–Crippen LogP) is 10.9. The number of halogens is 1. The second kappa shape index (κ2) is 10.9. The minimum absolute atomic E-state index is 1.06. The summed E-state index contributed by atoms with van der Waals surface area (Å²) >= 11 is 3.58. The van der Waals surface area contributed by atoms with Crippen molar-refractivity contribution in [3.63, 3.8) is 0 Å². The molecular formula is C36H26BrN. The van der Waals surface area contributed by atoms with Gasteiger partial charge < -0.3 is 4.90 Å². The molecule has 6 aromatic rings. The van der Waals surface area contributed by atoms with E-state index in [-0.39, 0.29) is 0 Å². The van der Waals surface area contributed by atoms with Gasteiger partial charge in [-0.25, -0.2) is 0 Å². The largest absolute Gasteiger partial charge is 0.311 e. The van der Waals surface area contributed by atoms with Crippen LogP contribution in [-0.2, 0) is 0 Å². The van der Waals surface area contributed by atoms with Gasteiger partial charge in [-0.1, -0.05) is 125 Å². The Balaban J connectivity index is 1.32. The Morgan fingerprint density at radius 1 is 0.289 bits per heavy atom. The van der Waals surface area contributed by atoms with E-state index >= 15 is 0 Å². The molecule has 0 atom stereocenters. The quantitative estimate of drug-likeness (QED) is 0.199. The lowest BCUT2D eigenvalue weighted by Gasteiger charge is -2.26. The van der Waals surface area contributed by atoms with Gasteiger partial charge in [0.1, 0.15) is 0 Å². The summed E-state index contributed by atoms with van der Waals surface area (Å²) in [6.07, 6.45) is 0. The smallest absolute Gasteiger partial charge is 0.0462 e. The Hall–Kier alpha value is -4.40. The van der Waals surface area contributed by atoms with Crippen molar-refractivity contribution in [2.45, 2.75) is 0 Å². The average Bonchev–Trinajstić information content (AvgIpc) is 3.00. The summed E-state index contributed by atoms with van der Waals surface area (Å²) < 4.78 is 1.06. The van der Waals surface area contributed by atoms with E-state index < -0.39 is 0 Å². The zero-order chi connectivity index (χ0) is 25.7. The Bertz CT molecular complexity index is 1610. The third-order valence-electron chi connectivity index (χ3n) is 6.77. The molecule has 6 aromatic carbocycles. The van der Waals surface area contributed by atoms with Gasteiger partial charge in [-0.05, 0) is 81.9 Å². The van der Waals surface area contributed by atoms with Crippen molar-refractivity contribution in [2.24, 2.45) is 0 Å². The maximum Gasteiger partial charge on any atom is 0.0462 e. The molecular weight excluding hydrogens is 526 g/mol. The molecule has 38 heavy (non-hydrogen) atoms. The fourth-order valence-corrected chi connectivity index (χ4v) is 5.02. The zero-order valence-corrected chi connectivity index (χ0v) is 22.4. The Morgan fingerprint density at radius 3 is 0.895 bits per heavy atom. The lowest BCUT2D eigenvalue weighted by Crippen LogP contribution is -2.09. The Kier molecular flexibility index (Phi) is 6.89. The molecule has 0 aliphatic heterocycles. The molecule has 0 aromatic heterocycles. The van der Waals surface area contributed by atoms with Gasteiger partial charge in [-0.15, -0.1) is 0 Å². The highest BCUT2D eigenvalue weighted by molar-refractivity contribution is 9.10. The summed E-state index contributed by atoms with van der Waals surface area (Å²) in [4.78, 5) is 2.30. The van der Waals surface area contributed by atoms with Gasteiger partial charge in [-0.2, -0.15) is 0 Å². The molecule has 0 radical (unpaired) electrons. The van der Waals surface area contributed by atoms with E-state index in [4.69, 9.17) is 0 Å². The van der Waals surface area contributed by atoms with Crippen LogP contribution in [0.3, 0.4) is 0 Å². The first kappa shape index (κ1) is 24.0. The van der Waals surface area contributed by atoms with Gasteiger partial charge in [0, 0.05) is 21.5 Å². The standard InChI is InChI=1S/C36H26BrN/c37-33-19-25-36(26-20-33)38(34-21-15-31(16-22-34)28-9-5-2-6-10-28)35-23-17-32(18-24-35)30-13-11-29(12-14-30)27-7-3-1-4-8-27/h1-26H. The number of hydrogen-bond acceptors (Lipinski definition) is 1. The maximum atomic E-state index is 3.58. The second-order valence-corrected chi connectivity index (χ2v) is 10.1. The molecule has 0 aliphatic rings. The summed E-state index contributed by atoms with van der Waals surface area (Å²) in [5, 5.41) is 0. The SMILES string of the molecule is Brc1ccc(N(c2ccc(-c3ccccc3)cc2)c2ccc(-c3ccc(-c4ccccc4)cc3)cc2)cc1. The minimum atomic E-state index is 1.06. The third-order valence-corrected chi connectivity index (χ3v) is 7.30. The summed E-state index contributed by atoms with van der Waals surface area (Å²) in [7, 11) is 0. The van der Waals surface area contributed by atoms with Gasteiger partial charge in [0.25, 0.3) is 0 Å². The highest BCUT2D eigenvalue weighted by atomic mass is 79.9. The van der Waals surface area contributed by atoms with Crippen LogP contribution in [0.1, 0.15) is 0 Å². The number of rotatable bonds is 6. The monoisotopic (exact) mass is 551 g/mol. The van der Waals surface area contributed by atoms with Crippen molar-refractivity contribution in [3.8, 4) is 33.4 Å². The van der Waals surface area contributed by atoms with Gasteiger partial charge >= 0.3 is 0 Å². The fraction of sp³-hybridized carbons (Fsp3) is 0. The van der Waals surface area contributed by atoms with Crippen LogP contribution >= 0.6 is 15.9 Å². The Morgan fingerprint density at radius 2 is 0.553 bits per heavy atom. The summed E-state index contributed by atoms with van der Waals surface area (Å²) in [6.45, 7) is 0. The van der Waals surface area contributed by atoms with Gasteiger partial charge in [0.2, 0.25) is 0 Å². The van der Waals surface area contributed by atoms with E-state index in [2.05, 4.69) is 179 Å². The first-order chi connectivity index (χ1) is 18.7. The number of hydrogen-bond donors (Lipinski definition) is 0. The van der Waals surface area contributed by atoms with E-state index in [0.29, 0.717) is 0 Å². The Labute approximate surface area is 232 Å². The van der Waals surface area contributed by atoms with Crippen LogP contribution in [0.2, 0.25) is 0 Å². The molecule has 6 rings (SSSR count). The molecule has 0 aliphatic carbocycles. The van der Waals surface area contributed by atoms with Crippen molar-refractivity contribution in [2.75, 3.05) is 4.90 Å². The first-order valence-electron chi connectivity index (χ1n) is 12.7. The molecule has 0 unspecified atom stereocenters. The van der Waals surface area contributed by atoms with Crippen molar-refractivity contribution in [1.29, 1.82) is 0 Å². The summed E-state index contributed by atoms with van der Waals surface area (Å²) in [5.74, 6) is 0. The highest BCUT2D eigenvalue weighted by Gasteiger charge is 2.13. The molecule has 0 fully saturated rings. The van der Waals surface area contributed by atoms with Crippen LogP contribution in [0, 0.1) is 0 Å². The van der Waals surface area contributed by atoms with E-state index in [0.717, 1.165) is 21.5 Å². The highest BCUT2D eigenvalue weighted by Crippen LogP contribution is 2.37. The predicted molar refractivity (Wildman–Crippen MR) is 165 cm³/mol. The van der Waals surface area contributed by atoms with Crippen molar-refractivity contribution >= 4 is 33.0 Å². The molecule has 0 N–H and O–H groups in total. The number of nitrogens with zero attached hydrogens (tertiary/aromatic N) is 1. The van der Waals surface area contributed by atoms with Crippen molar-refractivity contribution < 1.29 is 0 Å². The molecule has 1 nitrogen and oxygen atoms in total. The van der Waals surface area contributed by atoms with Crippen LogP contribution in [0.4, 0.5) is 17.1 Å². The van der Waals surface area contributed by atoms with Gasteiger partial charge in [-0.3, -0.25) is 0 Å². The first-order valence-corrected chi connectivity index (χ1v) is 13.5. The van der Waals surface area contributed by atoms with Crippen LogP contribution < -0.4 is 4.90 Å². The summed E-state index contributed by atoms with van der Waals surface area (Å²) in [6, 6.07) is 55.8. The molecule has 0 saturated carbocycles. The van der Waals surface area contributed by atoms with E-state index in [1.807, 2.05) is 0 Å². The maximum absolute atomic E-state index is 3.58. The normalized spacial score (nSPS) is 10.8. The van der Waals surface area contributed by atoms with Crippen LogP contribution in [0.25, 0.3) is 33.4 Å². The molecule has 0 bridgehead atoms. The topological polar surface area (TPSA) is 3.24 Å². The van der Waals surface area contributed by atoms with E-state index in [1.165, 1.54) is 33.4 Å². The van der Waals surface area contributed by atoms with Crippen LogP contribution in [0.15, 0.2) is 162 Å². The number of anilines is 3. The lowest BCUT2D eigenvalue weighted by atomic mass is 10.00. The van der Waals surface area contributed by atoms with Crippen molar-refractivity contribution in [1.82, 2.24) is 0 Å². The zero-order valence-electron chi connectivity index (χ0n) is 20.8. The minimum Gasteiger partial charge on any atom is -0.311 e. The molecule has 182 valence electrons.